The number of nitrogens with zero attached hydrogens (tertiary/aromatic N) is 4. The standard InChI is InChI=1S/C23H26N6S/c24-13-19-23(16-4-2-1-3-5-16)18-12-22(27-15-20(18)30-19)28-21-7-6-17(14-26-21)29-10-8-25-9-11-29/h6-7,12,14-16,25H,1-5,8-11H2,(H,26,27,28). The molecule has 0 spiro atoms. The van der Waals surface area contributed by atoms with Crippen molar-refractivity contribution in [2.24, 2.45) is 0 Å². The first-order valence-corrected chi connectivity index (χ1v) is 11.6. The Kier molecular flexibility index (Phi) is 5.52. The van der Waals surface area contributed by atoms with Crippen LogP contribution in [0.2, 0.25) is 0 Å². The first-order chi connectivity index (χ1) is 14.8. The Balaban J connectivity index is 1.40. The number of nitriles is 1. The van der Waals surface area contributed by atoms with Crippen LogP contribution in [0.3, 0.4) is 0 Å². The molecule has 0 amide bonds. The molecule has 1 saturated carbocycles. The van der Waals surface area contributed by atoms with Crippen LogP contribution in [0.15, 0.2) is 30.6 Å². The van der Waals surface area contributed by atoms with Gasteiger partial charge in [0.25, 0.3) is 0 Å². The summed E-state index contributed by atoms with van der Waals surface area (Å²) in [7, 11) is 0. The summed E-state index contributed by atoms with van der Waals surface area (Å²) in [6, 6.07) is 8.67. The molecule has 0 aromatic carbocycles. The summed E-state index contributed by atoms with van der Waals surface area (Å²) in [5.74, 6) is 2.06. The van der Waals surface area contributed by atoms with E-state index in [1.807, 2.05) is 18.5 Å². The van der Waals surface area contributed by atoms with Gasteiger partial charge in [-0.05, 0) is 42.5 Å². The van der Waals surface area contributed by atoms with E-state index >= 15 is 0 Å². The van der Waals surface area contributed by atoms with Gasteiger partial charge in [0.05, 0.1) is 16.6 Å². The topological polar surface area (TPSA) is 76.9 Å². The lowest BCUT2D eigenvalue weighted by Gasteiger charge is -2.29. The quantitative estimate of drug-likeness (QED) is 0.636. The van der Waals surface area contributed by atoms with Gasteiger partial charge in [-0.25, -0.2) is 9.97 Å². The van der Waals surface area contributed by atoms with Crippen molar-refractivity contribution in [2.75, 3.05) is 36.4 Å². The van der Waals surface area contributed by atoms with Crippen molar-refractivity contribution >= 4 is 38.7 Å². The van der Waals surface area contributed by atoms with Crippen LogP contribution >= 0.6 is 11.3 Å². The zero-order valence-corrected chi connectivity index (χ0v) is 17.8. The number of nitrogens with one attached hydrogen (secondary N) is 2. The van der Waals surface area contributed by atoms with Crippen LogP contribution in [0.5, 0.6) is 0 Å². The first-order valence-electron chi connectivity index (χ1n) is 10.8. The Morgan fingerprint density at radius 3 is 2.60 bits per heavy atom. The maximum absolute atomic E-state index is 9.69. The van der Waals surface area contributed by atoms with Crippen molar-refractivity contribution in [3.8, 4) is 6.07 Å². The van der Waals surface area contributed by atoms with Gasteiger partial charge < -0.3 is 15.5 Å². The molecule has 6 nitrogen and oxygen atoms in total. The highest BCUT2D eigenvalue weighted by molar-refractivity contribution is 7.19. The van der Waals surface area contributed by atoms with Gasteiger partial charge in [-0.1, -0.05) is 19.3 Å². The first kappa shape index (κ1) is 19.3. The molecule has 1 aliphatic carbocycles. The van der Waals surface area contributed by atoms with Gasteiger partial charge in [0.15, 0.2) is 0 Å². The van der Waals surface area contributed by atoms with E-state index < -0.39 is 0 Å². The number of aromatic nitrogens is 2. The number of piperazine rings is 1. The van der Waals surface area contributed by atoms with Gasteiger partial charge in [0.2, 0.25) is 0 Å². The minimum absolute atomic E-state index is 0.494. The fourth-order valence-electron chi connectivity index (χ4n) is 4.67. The van der Waals surface area contributed by atoms with Crippen molar-refractivity contribution < 1.29 is 0 Å². The predicted octanol–water partition coefficient (Wildman–Crippen LogP) is 4.76. The van der Waals surface area contributed by atoms with Crippen LogP contribution in [-0.2, 0) is 0 Å². The van der Waals surface area contributed by atoms with E-state index in [0.29, 0.717) is 5.92 Å². The van der Waals surface area contributed by atoms with Crippen molar-refractivity contribution in [1.82, 2.24) is 15.3 Å². The zero-order valence-electron chi connectivity index (χ0n) is 17.0. The highest BCUT2D eigenvalue weighted by atomic mass is 32.1. The van der Waals surface area contributed by atoms with Crippen molar-refractivity contribution in [2.45, 2.75) is 38.0 Å². The van der Waals surface area contributed by atoms with Crippen LogP contribution < -0.4 is 15.5 Å². The number of hydrogen-bond donors (Lipinski definition) is 2. The van der Waals surface area contributed by atoms with Gasteiger partial charge in [0, 0.05) is 37.8 Å². The molecule has 2 N–H and O–H groups in total. The monoisotopic (exact) mass is 418 g/mol. The second-order valence-electron chi connectivity index (χ2n) is 8.12. The number of fused-ring (bicyclic) bond motifs is 1. The molecule has 2 fully saturated rings. The van der Waals surface area contributed by atoms with Crippen LogP contribution in [0.4, 0.5) is 17.3 Å². The summed E-state index contributed by atoms with van der Waals surface area (Å²) in [6.07, 6.45) is 10.0. The molecule has 30 heavy (non-hydrogen) atoms. The van der Waals surface area contributed by atoms with Gasteiger partial charge >= 0.3 is 0 Å². The van der Waals surface area contributed by atoms with E-state index in [2.05, 4.69) is 43.7 Å². The molecule has 7 heteroatoms. The summed E-state index contributed by atoms with van der Waals surface area (Å²) < 4.78 is 1.10. The molecule has 0 bridgehead atoms. The van der Waals surface area contributed by atoms with E-state index in [4.69, 9.17) is 0 Å². The molecule has 1 aliphatic heterocycles. The number of anilines is 3. The SMILES string of the molecule is N#Cc1sc2cnc(Nc3ccc(N4CCNCC4)cn3)cc2c1C1CCCCC1. The summed E-state index contributed by atoms with van der Waals surface area (Å²) in [6.45, 7) is 4.04. The Morgan fingerprint density at radius 1 is 1.07 bits per heavy atom. The second-order valence-corrected chi connectivity index (χ2v) is 9.17. The molecule has 3 aromatic heterocycles. The van der Waals surface area contributed by atoms with Crippen molar-refractivity contribution in [3.05, 3.63) is 41.0 Å². The molecule has 1 saturated heterocycles. The summed E-state index contributed by atoms with van der Waals surface area (Å²) in [5, 5.41) is 17.6. The fourth-order valence-corrected chi connectivity index (χ4v) is 5.71. The summed E-state index contributed by atoms with van der Waals surface area (Å²) in [5.41, 5.74) is 2.39. The Morgan fingerprint density at radius 2 is 1.87 bits per heavy atom. The fraction of sp³-hybridized carbons (Fsp3) is 0.435. The average Bonchev–Trinajstić information content (AvgIpc) is 3.19. The lowest BCUT2D eigenvalue weighted by molar-refractivity contribution is 0.446. The summed E-state index contributed by atoms with van der Waals surface area (Å²) >= 11 is 1.57. The number of pyridine rings is 2. The Hall–Kier alpha value is -2.69. The minimum Gasteiger partial charge on any atom is -0.368 e. The summed E-state index contributed by atoms with van der Waals surface area (Å²) in [4.78, 5) is 12.4. The number of rotatable bonds is 4. The number of hydrogen-bond acceptors (Lipinski definition) is 7. The van der Waals surface area contributed by atoms with E-state index in [-0.39, 0.29) is 0 Å². The third kappa shape index (κ3) is 3.85. The largest absolute Gasteiger partial charge is 0.368 e. The van der Waals surface area contributed by atoms with E-state index in [0.717, 1.165) is 53.1 Å². The normalized spacial score (nSPS) is 17.8. The molecule has 3 aromatic rings. The van der Waals surface area contributed by atoms with Crippen LogP contribution in [0, 0.1) is 11.3 Å². The second kappa shape index (κ2) is 8.58. The van der Waals surface area contributed by atoms with E-state index in [1.165, 1.54) is 43.1 Å². The molecule has 5 rings (SSSR count). The molecule has 154 valence electrons. The molecule has 0 atom stereocenters. The maximum Gasteiger partial charge on any atom is 0.132 e. The van der Waals surface area contributed by atoms with Gasteiger partial charge in [-0.2, -0.15) is 5.26 Å². The van der Waals surface area contributed by atoms with Crippen LogP contribution in [0.1, 0.15) is 48.5 Å². The van der Waals surface area contributed by atoms with Crippen LogP contribution in [0.25, 0.3) is 10.1 Å². The maximum atomic E-state index is 9.69. The molecule has 0 radical (unpaired) electrons. The lowest BCUT2D eigenvalue weighted by atomic mass is 9.83. The minimum atomic E-state index is 0.494. The highest BCUT2D eigenvalue weighted by Crippen LogP contribution is 2.42. The molecule has 2 aliphatic rings. The third-order valence-corrected chi connectivity index (χ3v) is 7.28. The molecule has 4 heterocycles. The molecular weight excluding hydrogens is 392 g/mol. The molecular formula is C23H26N6S. The van der Waals surface area contributed by atoms with Gasteiger partial charge in [-0.3, -0.25) is 0 Å². The number of thiophene rings is 1. The van der Waals surface area contributed by atoms with E-state index in [1.54, 1.807) is 11.3 Å². The highest BCUT2D eigenvalue weighted by Gasteiger charge is 2.23. The average molecular weight is 419 g/mol. The lowest BCUT2D eigenvalue weighted by Crippen LogP contribution is -2.43. The predicted molar refractivity (Wildman–Crippen MR) is 123 cm³/mol. The zero-order chi connectivity index (χ0) is 20.3. The van der Waals surface area contributed by atoms with Crippen molar-refractivity contribution in [3.63, 3.8) is 0 Å². The van der Waals surface area contributed by atoms with Gasteiger partial charge in [-0.15, -0.1) is 11.3 Å². The van der Waals surface area contributed by atoms with Crippen LogP contribution in [-0.4, -0.2) is 36.1 Å². The molecule has 0 unspecified atom stereocenters. The third-order valence-electron chi connectivity index (χ3n) is 6.22. The van der Waals surface area contributed by atoms with Crippen molar-refractivity contribution in [1.29, 1.82) is 5.26 Å². The van der Waals surface area contributed by atoms with E-state index in [9.17, 15) is 5.26 Å². The Labute approximate surface area is 181 Å². The Bertz CT molecular complexity index is 1060. The van der Waals surface area contributed by atoms with Gasteiger partial charge in [0.1, 0.15) is 22.6 Å². The smallest absolute Gasteiger partial charge is 0.132 e.